The molecule has 0 aliphatic carbocycles. The highest BCUT2D eigenvalue weighted by atomic mass is 16.3. The number of aromatic nitrogens is 1. The topological polar surface area (TPSA) is 68.3 Å². The number of nitrogens with one attached hydrogen (secondary N) is 1. The first-order valence-corrected chi connectivity index (χ1v) is 7.05. The number of amides is 1. The lowest BCUT2D eigenvalue weighted by Gasteiger charge is -2.00. The summed E-state index contributed by atoms with van der Waals surface area (Å²) in [7, 11) is 0. The van der Waals surface area contributed by atoms with Crippen molar-refractivity contribution < 1.29 is 13.6 Å². The number of furan rings is 1. The lowest BCUT2D eigenvalue weighted by atomic mass is 10.2. The normalized spacial score (nSPS) is 11.6. The van der Waals surface area contributed by atoms with Crippen molar-refractivity contribution in [2.75, 3.05) is 5.32 Å². The van der Waals surface area contributed by atoms with Crippen LogP contribution in [0.5, 0.6) is 0 Å². The van der Waals surface area contributed by atoms with Crippen LogP contribution in [0.4, 0.5) is 5.69 Å². The van der Waals surface area contributed by atoms with E-state index in [-0.39, 0.29) is 11.8 Å². The fourth-order valence-electron chi connectivity index (χ4n) is 2.00. The molecule has 1 N–H and O–H groups in total. The van der Waals surface area contributed by atoms with E-state index in [1.807, 2.05) is 13.8 Å². The summed E-state index contributed by atoms with van der Waals surface area (Å²) in [6, 6.07) is 8.93. The molecular weight excluding hydrogens is 280 g/mol. The van der Waals surface area contributed by atoms with Crippen molar-refractivity contribution in [3.05, 3.63) is 54.3 Å². The van der Waals surface area contributed by atoms with Gasteiger partial charge in [0, 0.05) is 17.7 Å². The first-order valence-electron chi connectivity index (χ1n) is 7.05. The Balaban J connectivity index is 1.74. The van der Waals surface area contributed by atoms with Gasteiger partial charge in [0.05, 0.1) is 6.26 Å². The first-order chi connectivity index (χ1) is 10.6. The number of hydrogen-bond donors (Lipinski definition) is 1. The van der Waals surface area contributed by atoms with Crippen molar-refractivity contribution in [1.82, 2.24) is 4.98 Å². The predicted octanol–water partition coefficient (Wildman–Crippen LogP) is 4.20. The molecule has 0 fully saturated rings. The highest BCUT2D eigenvalue weighted by Gasteiger charge is 2.10. The minimum Gasteiger partial charge on any atom is -0.465 e. The van der Waals surface area contributed by atoms with E-state index in [0.717, 1.165) is 5.52 Å². The van der Waals surface area contributed by atoms with Crippen LogP contribution in [0.25, 0.3) is 17.2 Å². The number of hydrogen-bond acceptors (Lipinski definition) is 4. The zero-order chi connectivity index (χ0) is 15.5. The van der Waals surface area contributed by atoms with Gasteiger partial charge in [0.25, 0.3) is 0 Å². The second-order valence-electron chi connectivity index (χ2n) is 5.23. The molecule has 0 unspecified atom stereocenters. The smallest absolute Gasteiger partial charge is 0.248 e. The third-order valence-electron chi connectivity index (χ3n) is 3.11. The molecule has 0 saturated heterocycles. The van der Waals surface area contributed by atoms with Gasteiger partial charge >= 0.3 is 0 Å². The van der Waals surface area contributed by atoms with Crippen molar-refractivity contribution in [1.29, 1.82) is 0 Å². The maximum absolute atomic E-state index is 11.9. The summed E-state index contributed by atoms with van der Waals surface area (Å²) >= 11 is 0. The zero-order valence-electron chi connectivity index (χ0n) is 12.4. The second kappa shape index (κ2) is 5.89. The number of carbonyl (C=O) groups is 1. The van der Waals surface area contributed by atoms with Crippen LogP contribution in [0.2, 0.25) is 0 Å². The SMILES string of the molecule is CC(C)c1nc2cc(NC(=O)C=Cc3ccco3)ccc2o1. The van der Waals surface area contributed by atoms with E-state index < -0.39 is 0 Å². The molecule has 1 amide bonds. The summed E-state index contributed by atoms with van der Waals surface area (Å²) < 4.78 is 10.8. The summed E-state index contributed by atoms with van der Waals surface area (Å²) in [5.74, 6) is 1.31. The standard InChI is InChI=1S/C17H16N2O3/c1-11(2)17-19-14-10-12(5-7-15(14)22-17)18-16(20)8-6-13-4-3-9-21-13/h3-11H,1-2H3,(H,18,20). The number of nitrogens with zero attached hydrogens (tertiary/aromatic N) is 1. The van der Waals surface area contributed by atoms with Gasteiger partial charge in [-0.05, 0) is 36.4 Å². The Hall–Kier alpha value is -2.82. The van der Waals surface area contributed by atoms with Crippen LogP contribution >= 0.6 is 0 Å². The molecule has 2 aromatic heterocycles. The van der Waals surface area contributed by atoms with Crippen LogP contribution in [0.1, 0.15) is 31.4 Å². The third kappa shape index (κ3) is 3.09. The van der Waals surface area contributed by atoms with E-state index in [0.29, 0.717) is 22.9 Å². The lowest BCUT2D eigenvalue weighted by Crippen LogP contribution is -2.07. The number of fused-ring (bicyclic) bond motifs is 1. The van der Waals surface area contributed by atoms with Crippen LogP contribution in [0.3, 0.4) is 0 Å². The zero-order valence-corrected chi connectivity index (χ0v) is 12.4. The van der Waals surface area contributed by atoms with E-state index in [4.69, 9.17) is 8.83 Å². The predicted molar refractivity (Wildman–Crippen MR) is 84.5 cm³/mol. The van der Waals surface area contributed by atoms with Gasteiger partial charge in [0.2, 0.25) is 5.91 Å². The van der Waals surface area contributed by atoms with Crippen molar-refractivity contribution in [2.24, 2.45) is 0 Å². The molecule has 0 aliphatic heterocycles. The maximum Gasteiger partial charge on any atom is 0.248 e. The Morgan fingerprint density at radius 3 is 2.91 bits per heavy atom. The molecule has 5 nitrogen and oxygen atoms in total. The van der Waals surface area contributed by atoms with Crippen LogP contribution in [0, 0.1) is 0 Å². The molecule has 2 heterocycles. The Kier molecular flexibility index (Phi) is 3.78. The molecule has 3 aromatic rings. The van der Waals surface area contributed by atoms with Gasteiger partial charge in [-0.3, -0.25) is 4.79 Å². The van der Waals surface area contributed by atoms with E-state index in [2.05, 4.69) is 10.3 Å². The summed E-state index contributed by atoms with van der Waals surface area (Å²) in [5, 5.41) is 2.79. The lowest BCUT2D eigenvalue weighted by molar-refractivity contribution is -0.111. The highest BCUT2D eigenvalue weighted by Crippen LogP contribution is 2.23. The van der Waals surface area contributed by atoms with E-state index in [1.165, 1.54) is 6.08 Å². The van der Waals surface area contributed by atoms with Crippen molar-refractivity contribution in [3.8, 4) is 0 Å². The van der Waals surface area contributed by atoms with Crippen molar-refractivity contribution in [2.45, 2.75) is 19.8 Å². The van der Waals surface area contributed by atoms with Crippen LogP contribution < -0.4 is 5.32 Å². The molecule has 0 atom stereocenters. The summed E-state index contributed by atoms with van der Waals surface area (Å²) in [4.78, 5) is 16.3. The number of benzene rings is 1. The largest absolute Gasteiger partial charge is 0.465 e. The minimum atomic E-state index is -0.233. The van der Waals surface area contributed by atoms with Crippen molar-refractivity contribution >= 4 is 28.8 Å². The molecule has 0 radical (unpaired) electrons. The molecular formula is C17H16N2O3. The number of carbonyl (C=O) groups excluding carboxylic acids is 1. The molecule has 0 aliphatic rings. The third-order valence-corrected chi connectivity index (χ3v) is 3.11. The molecule has 0 bridgehead atoms. The average Bonchev–Trinajstić information content (AvgIpc) is 3.14. The second-order valence-corrected chi connectivity index (χ2v) is 5.23. The van der Waals surface area contributed by atoms with E-state index in [9.17, 15) is 4.79 Å². The number of oxazole rings is 1. The Morgan fingerprint density at radius 2 is 2.18 bits per heavy atom. The Morgan fingerprint density at radius 1 is 1.32 bits per heavy atom. The van der Waals surface area contributed by atoms with Crippen LogP contribution in [-0.2, 0) is 4.79 Å². The fraction of sp³-hybridized carbons (Fsp3) is 0.176. The summed E-state index contributed by atoms with van der Waals surface area (Å²) in [6.07, 6.45) is 4.59. The highest BCUT2D eigenvalue weighted by molar-refractivity contribution is 6.02. The molecule has 3 rings (SSSR count). The minimum absolute atomic E-state index is 0.224. The van der Waals surface area contributed by atoms with E-state index in [1.54, 1.807) is 42.7 Å². The van der Waals surface area contributed by atoms with Crippen molar-refractivity contribution in [3.63, 3.8) is 0 Å². The summed E-state index contributed by atoms with van der Waals surface area (Å²) in [5.41, 5.74) is 2.12. The Bertz CT molecular complexity index is 814. The quantitative estimate of drug-likeness (QED) is 0.733. The van der Waals surface area contributed by atoms with Gasteiger partial charge in [0.1, 0.15) is 11.3 Å². The number of anilines is 1. The molecule has 112 valence electrons. The van der Waals surface area contributed by atoms with E-state index >= 15 is 0 Å². The first kappa shape index (κ1) is 14.1. The van der Waals surface area contributed by atoms with Crippen LogP contribution in [0.15, 0.2) is 51.5 Å². The average molecular weight is 296 g/mol. The molecule has 1 aromatic carbocycles. The maximum atomic E-state index is 11.9. The molecule has 0 spiro atoms. The molecule has 5 heteroatoms. The molecule has 0 saturated carbocycles. The van der Waals surface area contributed by atoms with Gasteiger partial charge in [-0.25, -0.2) is 4.98 Å². The summed E-state index contributed by atoms with van der Waals surface area (Å²) in [6.45, 7) is 4.04. The van der Waals surface area contributed by atoms with Gasteiger partial charge < -0.3 is 14.2 Å². The van der Waals surface area contributed by atoms with Gasteiger partial charge in [-0.15, -0.1) is 0 Å². The van der Waals surface area contributed by atoms with Gasteiger partial charge in [-0.1, -0.05) is 13.8 Å². The molecule has 22 heavy (non-hydrogen) atoms. The van der Waals surface area contributed by atoms with Gasteiger partial charge in [0.15, 0.2) is 11.5 Å². The number of rotatable bonds is 4. The van der Waals surface area contributed by atoms with Crippen LogP contribution in [-0.4, -0.2) is 10.9 Å². The Labute approximate surface area is 127 Å². The monoisotopic (exact) mass is 296 g/mol. The van der Waals surface area contributed by atoms with Gasteiger partial charge in [-0.2, -0.15) is 0 Å². The fourth-order valence-corrected chi connectivity index (χ4v) is 2.00.